The predicted octanol–water partition coefficient (Wildman–Crippen LogP) is 2.53. The highest BCUT2D eigenvalue weighted by atomic mass is 79.9. The van der Waals surface area contributed by atoms with Gasteiger partial charge in [0.1, 0.15) is 0 Å². The second kappa shape index (κ2) is 9.39. The van der Waals surface area contributed by atoms with Gasteiger partial charge in [0.2, 0.25) is 5.91 Å². The Labute approximate surface area is 127 Å². The first-order chi connectivity index (χ1) is 9.13. The lowest BCUT2D eigenvalue weighted by atomic mass is 10.1. The Hall–Kier alpha value is -0.520. The lowest BCUT2D eigenvalue weighted by Gasteiger charge is -2.07. The summed E-state index contributed by atoms with van der Waals surface area (Å²) in [6.45, 7) is 2.94. The van der Waals surface area contributed by atoms with Crippen LogP contribution in [-0.4, -0.2) is 35.7 Å². The van der Waals surface area contributed by atoms with Crippen LogP contribution in [0.5, 0.6) is 0 Å². The molecule has 5 heteroatoms. The van der Waals surface area contributed by atoms with Gasteiger partial charge in [0.05, 0.1) is 6.42 Å². The van der Waals surface area contributed by atoms with E-state index in [1.54, 1.807) is 11.8 Å². The number of hydrogen-bond donors (Lipinski definition) is 2. The van der Waals surface area contributed by atoms with E-state index in [0.29, 0.717) is 13.0 Å². The molecule has 0 unspecified atom stereocenters. The van der Waals surface area contributed by atoms with Gasteiger partial charge in [-0.25, -0.2) is 0 Å². The molecule has 0 saturated carbocycles. The zero-order chi connectivity index (χ0) is 14.1. The van der Waals surface area contributed by atoms with E-state index < -0.39 is 0 Å². The molecule has 0 bridgehead atoms. The number of carbonyl (C=O) groups excluding carboxylic acids is 1. The molecule has 19 heavy (non-hydrogen) atoms. The zero-order valence-electron chi connectivity index (χ0n) is 11.1. The van der Waals surface area contributed by atoms with Crippen molar-refractivity contribution in [3.05, 3.63) is 33.8 Å². The first-order valence-electron chi connectivity index (χ1n) is 6.34. The molecule has 0 saturated heterocycles. The smallest absolute Gasteiger partial charge is 0.224 e. The van der Waals surface area contributed by atoms with Gasteiger partial charge in [-0.2, -0.15) is 11.8 Å². The number of aryl methyl sites for hydroxylation is 1. The van der Waals surface area contributed by atoms with Gasteiger partial charge >= 0.3 is 0 Å². The van der Waals surface area contributed by atoms with Crippen LogP contribution in [0.4, 0.5) is 0 Å². The molecule has 1 aromatic rings. The first-order valence-corrected chi connectivity index (χ1v) is 8.28. The molecule has 1 amide bonds. The molecule has 1 aromatic carbocycles. The normalized spacial score (nSPS) is 10.5. The fraction of sp³-hybridized carbons (Fsp3) is 0.500. The Kier molecular flexibility index (Phi) is 8.18. The third kappa shape index (κ3) is 6.99. The molecule has 0 radical (unpaired) electrons. The molecule has 0 spiro atoms. The molecule has 0 aliphatic carbocycles. The van der Waals surface area contributed by atoms with Gasteiger partial charge in [-0.15, -0.1) is 0 Å². The first kappa shape index (κ1) is 16.5. The summed E-state index contributed by atoms with van der Waals surface area (Å²) in [5.41, 5.74) is 2.19. The fourth-order valence-electron chi connectivity index (χ4n) is 1.62. The number of thioether (sulfide) groups is 1. The van der Waals surface area contributed by atoms with E-state index in [-0.39, 0.29) is 12.5 Å². The van der Waals surface area contributed by atoms with Crippen LogP contribution in [0, 0.1) is 6.92 Å². The van der Waals surface area contributed by atoms with Crippen molar-refractivity contribution in [1.82, 2.24) is 5.32 Å². The number of carbonyl (C=O) groups is 1. The molecular formula is C14H20BrNO2S. The minimum Gasteiger partial charge on any atom is -0.396 e. The third-order valence-electron chi connectivity index (χ3n) is 2.67. The van der Waals surface area contributed by atoms with Crippen molar-refractivity contribution in [3.8, 4) is 0 Å². The number of amides is 1. The van der Waals surface area contributed by atoms with E-state index in [0.717, 1.165) is 33.5 Å². The highest BCUT2D eigenvalue weighted by molar-refractivity contribution is 9.10. The zero-order valence-corrected chi connectivity index (χ0v) is 13.5. The van der Waals surface area contributed by atoms with Gasteiger partial charge in [0.25, 0.3) is 0 Å². The van der Waals surface area contributed by atoms with Crippen molar-refractivity contribution in [2.45, 2.75) is 19.8 Å². The van der Waals surface area contributed by atoms with E-state index in [4.69, 9.17) is 5.11 Å². The molecule has 106 valence electrons. The number of benzene rings is 1. The molecule has 0 aromatic heterocycles. The number of rotatable bonds is 8. The van der Waals surface area contributed by atoms with Gasteiger partial charge in [-0.05, 0) is 42.4 Å². The van der Waals surface area contributed by atoms with Crippen LogP contribution in [0.2, 0.25) is 0 Å². The summed E-state index contributed by atoms with van der Waals surface area (Å²) in [5.74, 6) is 1.90. The summed E-state index contributed by atoms with van der Waals surface area (Å²) in [6, 6.07) is 5.96. The number of nitrogens with one attached hydrogen (secondary N) is 1. The van der Waals surface area contributed by atoms with Crippen LogP contribution in [0.25, 0.3) is 0 Å². The number of hydrogen-bond acceptors (Lipinski definition) is 3. The van der Waals surface area contributed by atoms with E-state index in [2.05, 4.69) is 21.2 Å². The Morgan fingerprint density at radius 3 is 2.89 bits per heavy atom. The number of aliphatic hydroxyl groups is 1. The largest absolute Gasteiger partial charge is 0.396 e. The molecule has 0 atom stereocenters. The molecular weight excluding hydrogens is 326 g/mol. The van der Waals surface area contributed by atoms with Gasteiger partial charge in [0, 0.05) is 23.4 Å². The predicted molar refractivity (Wildman–Crippen MR) is 84.6 cm³/mol. The molecule has 1 rings (SSSR count). The minimum absolute atomic E-state index is 0.0631. The topological polar surface area (TPSA) is 49.3 Å². The minimum atomic E-state index is 0.0631. The second-order valence-electron chi connectivity index (χ2n) is 4.29. The van der Waals surface area contributed by atoms with Crippen LogP contribution in [0.3, 0.4) is 0 Å². The van der Waals surface area contributed by atoms with Gasteiger partial charge < -0.3 is 10.4 Å². The highest BCUT2D eigenvalue weighted by Crippen LogP contribution is 2.16. The summed E-state index contributed by atoms with van der Waals surface area (Å²) < 4.78 is 1.04. The second-order valence-corrected chi connectivity index (χ2v) is 6.43. The number of halogens is 1. The fourth-order valence-corrected chi connectivity index (χ4v) is 2.88. The van der Waals surface area contributed by atoms with E-state index in [9.17, 15) is 4.79 Å². The SMILES string of the molecule is Cc1cc(Br)ccc1CC(=O)NCCSCCCO. The molecule has 3 nitrogen and oxygen atoms in total. The van der Waals surface area contributed by atoms with Crippen molar-refractivity contribution >= 4 is 33.6 Å². The molecule has 0 aliphatic heterocycles. The average Bonchev–Trinajstić information content (AvgIpc) is 2.37. The summed E-state index contributed by atoms with van der Waals surface area (Å²) in [4.78, 5) is 11.8. The van der Waals surface area contributed by atoms with Crippen LogP contribution < -0.4 is 5.32 Å². The maximum atomic E-state index is 11.8. The Balaban J connectivity index is 2.23. The maximum Gasteiger partial charge on any atom is 0.224 e. The van der Waals surface area contributed by atoms with Crippen molar-refractivity contribution in [3.63, 3.8) is 0 Å². The summed E-state index contributed by atoms with van der Waals surface area (Å²) in [6.07, 6.45) is 1.25. The van der Waals surface area contributed by atoms with Crippen LogP contribution in [0.1, 0.15) is 17.5 Å². The van der Waals surface area contributed by atoms with Gasteiger partial charge in [-0.3, -0.25) is 4.79 Å². The van der Waals surface area contributed by atoms with E-state index in [1.165, 1.54) is 0 Å². The Bertz CT molecular complexity index is 412. The maximum absolute atomic E-state index is 11.8. The van der Waals surface area contributed by atoms with E-state index in [1.807, 2.05) is 25.1 Å². The lowest BCUT2D eigenvalue weighted by molar-refractivity contribution is -0.120. The van der Waals surface area contributed by atoms with Crippen molar-refractivity contribution in [1.29, 1.82) is 0 Å². The Morgan fingerprint density at radius 1 is 1.42 bits per heavy atom. The quantitative estimate of drug-likeness (QED) is 0.711. The molecule has 2 N–H and O–H groups in total. The van der Waals surface area contributed by atoms with Crippen molar-refractivity contribution < 1.29 is 9.90 Å². The van der Waals surface area contributed by atoms with Crippen molar-refractivity contribution in [2.75, 3.05) is 24.7 Å². The molecule has 0 fully saturated rings. The summed E-state index contributed by atoms with van der Waals surface area (Å²) >= 11 is 5.16. The summed E-state index contributed by atoms with van der Waals surface area (Å²) in [5, 5.41) is 11.6. The third-order valence-corrected chi connectivity index (χ3v) is 4.23. The molecule has 0 aliphatic rings. The van der Waals surface area contributed by atoms with Crippen LogP contribution in [0.15, 0.2) is 22.7 Å². The summed E-state index contributed by atoms with van der Waals surface area (Å²) in [7, 11) is 0. The Morgan fingerprint density at radius 2 is 2.21 bits per heavy atom. The van der Waals surface area contributed by atoms with Gasteiger partial charge in [-0.1, -0.05) is 22.0 Å². The number of aliphatic hydroxyl groups excluding tert-OH is 1. The van der Waals surface area contributed by atoms with Gasteiger partial charge in [0.15, 0.2) is 0 Å². The van der Waals surface area contributed by atoms with Crippen molar-refractivity contribution in [2.24, 2.45) is 0 Å². The van der Waals surface area contributed by atoms with E-state index >= 15 is 0 Å². The van der Waals surface area contributed by atoms with Crippen LogP contribution >= 0.6 is 27.7 Å². The standard InChI is InChI=1S/C14H20BrNO2S/c1-11-9-13(15)4-3-12(11)10-14(18)16-5-8-19-7-2-6-17/h3-4,9,17H,2,5-8,10H2,1H3,(H,16,18). The lowest BCUT2D eigenvalue weighted by Crippen LogP contribution is -2.27. The average molecular weight is 346 g/mol. The molecule has 0 heterocycles. The highest BCUT2D eigenvalue weighted by Gasteiger charge is 2.05. The monoisotopic (exact) mass is 345 g/mol. The van der Waals surface area contributed by atoms with Crippen LogP contribution in [-0.2, 0) is 11.2 Å².